The molecule has 1 heterocycles. The standard InChI is InChI=1S/C14H26N4S/c1-5-7-12-13(15-8-6-2)16-11-17-14(12)18(3)9-10-19-4/h11H,5-10H2,1-4H3,(H,15,16,17). The van der Waals surface area contributed by atoms with Crippen LogP contribution < -0.4 is 10.2 Å². The molecule has 0 bridgehead atoms. The number of thioether (sulfide) groups is 1. The Hall–Kier alpha value is -0.970. The van der Waals surface area contributed by atoms with Gasteiger partial charge in [-0.1, -0.05) is 20.3 Å². The molecular formula is C14H26N4S. The minimum atomic E-state index is 0.960. The first kappa shape index (κ1) is 16.1. The van der Waals surface area contributed by atoms with E-state index >= 15 is 0 Å². The van der Waals surface area contributed by atoms with E-state index in [0.29, 0.717) is 0 Å². The van der Waals surface area contributed by atoms with Gasteiger partial charge in [0.05, 0.1) is 0 Å². The van der Waals surface area contributed by atoms with Crippen molar-refractivity contribution in [3.8, 4) is 0 Å². The van der Waals surface area contributed by atoms with E-state index in [1.54, 1.807) is 6.33 Å². The quantitative estimate of drug-likeness (QED) is 0.754. The fourth-order valence-corrected chi connectivity index (χ4v) is 2.40. The van der Waals surface area contributed by atoms with Crippen molar-refractivity contribution in [2.45, 2.75) is 33.1 Å². The van der Waals surface area contributed by atoms with Crippen LogP contribution in [0.4, 0.5) is 11.6 Å². The van der Waals surface area contributed by atoms with E-state index in [4.69, 9.17) is 0 Å². The molecule has 4 nitrogen and oxygen atoms in total. The molecule has 19 heavy (non-hydrogen) atoms. The molecule has 1 N–H and O–H groups in total. The van der Waals surface area contributed by atoms with Gasteiger partial charge < -0.3 is 10.2 Å². The normalized spacial score (nSPS) is 10.5. The van der Waals surface area contributed by atoms with Gasteiger partial charge in [-0.3, -0.25) is 0 Å². The molecule has 1 rings (SSSR count). The number of hydrogen-bond acceptors (Lipinski definition) is 5. The topological polar surface area (TPSA) is 41.1 Å². The molecule has 0 saturated carbocycles. The molecule has 0 atom stereocenters. The largest absolute Gasteiger partial charge is 0.370 e. The van der Waals surface area contributed by atoms with Crippen LogP contribution in [0.5, 0.6) is 0 Å². The summed E-state index contributed by atoms with van der Waals surface area (Å²) in [6.07, 6.45) is 7.04. The molecule has 0 amide bonds. The highest BCUT2D eigenvalue weighted by Crippen LogP contribution is 2.24. The van der Waals surface area contributed by atoms with Gasteiger partial charge in [-0.2, -0.15) is 11.8 Å². The van der Waals surface area contributed by atoms with Crippen LogP contribution in [0.1, 0.15) is 32.3 Å². The Morgan fingerprint density at radius 2 is 2.05 bits per heavy atom. The maximum atomic E-state index is 4.48. The van der Waals surface area contributed by atoms with Crippen LogP contribution in [0.25, 0.3) is 0 Å². The highest BCUT2D eigenvalue weighted by atomic mass is 32.2. The summed E-state index contributed by atoms with van der Waals surface area (Å²) in [7, 11) is 2.11. The second kappa shape index (κ2) is 9.02. The maximum Gasteiger partial charge on any atom is 0.137 e. The fraction of sp³-hybridized carbons (Fsp3) is 0.714. The zero-order valence-electron chi connectivity index (χ0n) is 12.6. The summed E-state index contributed by atoms with van der Waals surface area (Å²) in [6.45, 7) is 6.34. The van der Waals surface area contributed by atoms with Gasteiger partial charge >= 0.3 is 0 Å². The number of anilines is 2. The SMILES string of the molecule is CCCNc1ncnc(N(C)CCSC)c1CCC. The van der Waals surface area contributed by atoms with Gasteiger partial charge in [-0.25, -0.2) is 9.97 Å². The van der Waals surface area contributed by atoms with Crippen molar-refractivity contribution in [3.63, 3.8) is 0 Å². The second-order valence-corrected chi connectivity index (χ2v) is 5.60. The van der Waals surface area contributed by atoms with E-state index in [2.05, 4.69) is 47.3 Å². The Balaban J connectivity index is 2.94. The minimum Gasteiger partial charge on any atom is -0.370 e. The zero-order valence-corrected chi connectivity index (χ0v) is 13.4. The van der Waals surface area contributed by atoms with Gasteiger partial charge in [0, 0.05) is 31.5 Å². The molecule has 0 aliphatic carbocycles. The van der Waals surface area contributed by atoms with Crippen LogP contribution in [-0.4, -0.2) is 42.1 Å². The molecule has 0 saturated heterocycles. The minimum absolute atomic E-state index is 0.960. The Kier molecular flexibility index (Phi) is 7.63. The molecule has 5 heteroatoms. The Bertz CT molecular complexity index is 370. The monoisotopic (exact) mass is 282 g/mol. The first-order valence-corrected chi connectivity index (χ1v) is 8.41. The summed E-state index contributed by atoms with van der Waals surface area (Å²) in [5.74, 6) is 3.19. The van der Waals surface area contributed by atoms with Gasteiger partial charge in [-0.05, 0) is 19.1 Å². The summed E-state index contributed by atoms with van der Waals surface area (Å²) >= 11 is 1.86. The lowest BCUT2D eigenvalue weighted by atomic mass is 10.1. The highest BCUT2D eigenvalue weighted by Gasteiger charge is 2.13. The van der Waals surface area contributed by atoms with E-state index in [-0.39, 0.29) is 0 Å². The van der Waals surface area contributed by atoms with E-state index in [1.807, 2.05) is 11.8 Å². The van der Waals surface area contributed by atoms with E-state index in [0.717, 1.165) is 49.7 Å². The van der Waals surface area contributed by atoms with Crippen molar-refractivity contribution in [2.75, 3.05) is 42.4 Å². The summed E-state index contributed by atoms with van der Waals surface area (Å²) < 4.78 is 0. The Labute approximate surface area is 121 Å². The number of nitrogens with zero attached hydrogens (tertiary/aromatic N) is 3. The molecule has 0 spiro atoms. The van der Waals surface area contributed by atoms with Crippen molar-refractivity contribution in [1.82, 2.24) is 9.97 Å². The molecule has 108 valence electrons. The first-order chi connectivity index (χ1) is 9.24. The predicted octanol–water partition coefficient (Wildman–Crippen LogP) is 3.05. The van der Waals surface area contributed by atoms with Crippen LogP contribution in [-0.2, 0) is 6.42 Å². The molecular weight excluding hydrogens is 256 g/mol. The lowest BCUT2D eigenvalue weighted by Gasteiger charge is -2.22. The van der Waals surface area contributed by atoms with E-state index < -0.39 is 0 Å². The highest BCUT2D eigenvalue weighted by molar-refractivity contribution is 7.98. The second-order valence-electron chi connectivity index (χ2n) is 4.62. The van der Waals surface area contributed by atoms with Gasteiger partial charge in [0.25, 0.3) is 0 Å². The van der Waals surface area contributed by atoms with Crippen molar-refractivity contribution >= 4 is 23.4 Å². The zero-order chi connectivity index (χ0) is 14.1. The van der Waals surface area contributed by atoms with E-state index in [1.165, 1.54) is 5.56 Å². The molecule has 0 aliphatic rings. The number of aromatic nitrogens is 2. The third-order valence-corrected chi connectivity index (χ3v) is 3.55. The van der Waals surface area contributed by atoms with Gasteiger partial charge in [-0.15, -0.1) is 0 Å². The van der Waals surface area contributed by atoms with Crippen LogP contribution in [0, 0.1) is 0 Å². The Morgan fingerprint density at radius 3 is 2.68 bits per heavy atom. The summed E-state index contributed by atoms with van der Waals surface area (Å²) in [5, 5.41) is 3.42. The maximum absolute atomic E-state index is 4.48. The molecule has 0 aromatic carbocycles. The summed E-state index contributed by atoms with van der Waals surface area (Å²) in [4.78, 5) is 11.1. The first-order valence-electron chi connectivity index (χ1n) is 7.02. The average Bonchev–Trinajstić information content (AvgIpc) is 2.43. The Morgan fingerprint density at radius 1 is 1.26 bits per heavy atom. The number of hydrogen-bond donors (Lipinski definition) is 1. The van der Waals surface area contributed by atoms with E-state index in [9.17, 15) is 0 Å². The number of rotatable bonds is 9. The molecule has 0 fully saturated rings. The third-order valence-electron chi connectivity index (χ3n) is 2.96. The molecule has 1 aromatic heterocycles. The lowest BCUT2D eigenvalue weighted by molar-refractivity contribution is 0.856. The smallest absolute Gasteiger partial charge is 0.137 e. The summed E-state index contributed by atoms with van der Waals surface area (Å²) in [6, 6.07) is 0. The fourth-order valence-electron chi connectivity index (χ4n) is 1.94. The third kappa shape index (κ3) is 4.90. The molecule has 0 unspecified atom stereocenters. The van der Waals surface area contributed by atoms with Gasteiger partial charge in [0.2, 0.25) is 0 Å². The van der Waals surface area contributed by atoms with Gasteiger partial charge in [0.1, 0.15) is 18.0 Å². The lowest BCUT2D eigenvalue weighted by Crippen LogP contribution is -2.23. The van der Waals surface area contributed by atoms with Crippen molar-refractivity contribution in [2.24, 2.45) is 0 Å². The molecule has 1 aromatic rings. The number of nitrogens with one attached hydrogen (secondary N) is 1. The van der Waals surface area contributed by atoms with Gasteiger partial charge in [0.15, 0.2) is 0 Å². The van der Waals surface area contributed by atoms with Crippen LogP contribution in [0.2, 0.25) is 0 Å². The van der Waals surface area contributed by atoms with Crippen LogP contribution in [0.3, 0.4) is 0 Å². The van der Waals surface area contributed by atoms with Crippen molar-refractivity contribution in [1.29, 1.82) is 0 Å². The van der Waals surface area contributed by atoms with Crippen LogP contribution in [0.15, 0.2) is 6.33 Å². The summed E-state index contributed by atoms with van der Waals surface area (Å²) in [5.41, 5.74) is 1.25. The average molecular weight is 282 g/mol. The molecule has 0 radical (unpaired) electrons. The van der Waals surface area contributed by atoms with Crippen molar-refractivity contribution < 1.29 is 0 Å². The predicted molar refractivity (Wildman–Crippen MR) is 86.5 cm³/mol. The van der Waals surface area contributed by atoms with Crippen molar-refractivity contribution in [3.05, 3.63) is 11.9 Å². The van der Waals surface area contributed by atoms with Crippen LogP contribution >= 0.6 is 11.8 Å². The molecule has 0 aliphatic heterocycles.